The highest BCUT2D eigenvalue weighted by Gasteiger charge is 2.34. The Morgan fingerprint density at radius 1 is 0.394 bits per heavy atom. The molecule has 0 atom stereocenters. The van der Waals surface area contributed by atoms with Crippen molar-refractivity contribution in [2.75, 3.05) is 56.0 Å². The van der Waals surface area contributed by atoms with Gasteiger partial charge in [-0.3, -0.25) is 18.2 Å². The lowest BCUT2D eigenvalue weighted by molar-refractivity contribution is -0.143. The largest absolute Gasteiger partial charge is 0.497 e. The average Bonchev–Trinajstić information content (AvgIpc) is 0.838. The molecule has 14 rings (SSSR count). The van der Waals surface area contributed by atoms with E-state index < -0.39 is 80.0 Å². The number of nitrogens with one attached hydrogen (secondary N) is 1. The SMILES string of the molecule is COc1ccc(CN(C)S(=O)(=O)c2ccc(C(=O)O)cc2)cc1.COc1ccc(CN(Cc2ccoc2)S(=O)(=O)c2ccc(C(=O)O)cc2)cc1.COc1ccc(CN(c2cccc(C#N)c2)S(=O)(=O)c2ccc(C(=O)O)cc2)cc1.COc1ccc(CN(c2cccc(NC(C)=O)c2)S(=O)(=O)c2ccc(C(=O)O)cc2)cc1.O=C(O)C1CCC(CN(Cc2ccc(F)cc2)S(=O)(=O)Cc2ccccc2)CC1. The number of hydrogen-bond acceptors (Lipinski definition) is 22. The van der Waals surface area contributed by atoms with Crippen molar-refractivity contribution in [1.29, 1.82) is 5.26 Å². The van der Waals surface area contributed by atoms with E-state index in [-0.39, 0.29) is 110 Å². The summed E-state index contributed by atoms with van der Waals surface area (Å²) in [6.07, 6.45) is 5.50. The molecule has 0 bridgehead atoms. The van der Waals surface area contributed by atoms with Gasteiger partial charge in [-0.25, -0.2) is 65.7 Å². The van der Waals surface area contributed by atoms with Crippen molar-refractivity contribution < 1.29 is 124 Å². The molecule has 742 valence electrons. The van der Waals surface area contributed by atoms with Crippen LogP contribution in [0.5, 0.6) is 23.0 Å². The molecular weight excluding hydrogens is 1930 g/mol. The second-order valence-corrected chi connectivity index (χ2v) is 41.7. The summed E-state index contributed by atoms with van der Waals surface area (Å²) in [5.74, 6) is -3.57. The van der Waals surface area contributed by atoms with Crippen LogP contribution in [-0.4, -0.2) is 158 Å². The average molecular weight is 2030 g/mol. The maximum atomic E-state index is 13.5. The van der Waals surface area contributed by atoms with Crippen LogP contribution < -0.4 is 32.9 Å². The predicted molar refractivity (Wildman–Crippen MR) is 527 cm³/mol. The molecule has 142 heavy (non-hydrogen) atoms. The van der Waals surface area contributed by atoms with Crippen molar-refractivity contribution in [3.05, 3.63) is 388 Å². The summed E-state index contributed by atoms with van der Waals surface area (Å²) in [6.45, 7) is 2.37. The van der Waals surface area contributed by atoms with E-state index >= 15 is 0 Å². The summed E-state index contributed by atoms with van der Waals surface area (Å²) in [6, 6.07) is 79.8. The number of aromatic carboxylic acids is 4. The van der Waals surface area contributed by atoms with E-state index in [1.807, 2.05) is 24.3 Å². The van der Waals surface area contributed by atoms with Crippen LogP contribution in [0.3, 0.4) is 0 Å². The van der Waals surface area contributed by atoms with E-state index in [0.717, 1.165) is 16.7 Å². The van der Waals surface area contributed by atoms with Crippen molar-refractivity contribution in [1.82, 2.24) is 12.9 Å². The molecule has 39 heteroatoms. The van der Waals surface area contributed by atoms with Crippen LogP contribution in [0.25, 0.3) is 0 Å². The molecule has 1 fully saturated rings. The number of sulfonamides is 5. The number of anilines is 3. The number of carboxylic acids is 5. The lowest BCUT2D eigenvalue weighted by Crippen LogP contribution is -2.37. The summed E-state index contributed by atoms with van der Waals surface area (Å²) < 4.78 is 177. The molecule has 12 aromatic carbocycles. The minimum atomic E-state index is -4.06. The van der Waals surface area contributed by atoms with E-state index in [9.17, 15) is 85.6 Å². The normalized spacial score (nSPS) is 12.9. The van der Waals surface area contributed by atoms with Gasteiger partial charge in [0.25, 0.3) is 20.0 Å². The number of benzene rings is 12. The summed E-state index contributed by atoms with van der Waals surface area (Å²) in [5, 5.41) is 57.1. The molecule has 1 aliphatic carbocycles. The first kappa shape index (κ1) is 109. The number of aliphatic carboxylic acids is 1. The number of halogens is 1. The van der Waals surface area contributed by atoms with Crippen molar-refractivity contribution in [3.63, 3.8) is 0 Å². The molecule has 0 unspecified atom stereocenters. The van der Waals surface area contributed by atoms with Gasteiger partial charge in [0, 0.05) is 57.9 Å². The summed E-state index contributed by atoms with van der Waals surface area (Å²) >= 11 is 0. The van der Waals surface area contributed by atoms with Crippen LogP contribution in [0.2, 0.25) is 0 Å². The number of nitriles is 1. The Hall–Kier alpha value is -15.4. The number of furan rings is 1. The molecule has 0 aliphatic heterocycles. The number of carbonyl (C=O) groups is 6. The van der Waals surface area contributed by atoms with Gasteiger partial charge in [0.15, 0.2) is 0 Å². The molecule has 1 heterocycles. The number of ether oxygens (including phenoxy) is 4. The first-order valence-corrected chi connectivity index (χ1v) is 50.7. The van der Waals surface area contributed by atoms with Gasteiger partial charge in [0.1, 0.15) is 28.8 Å². The smallest absolute Gasteiger partial charge is 0.335 e. The molecule has 0 saturated heterocycles. The van der Waals surface area contributed by atoms with Crippen LogP contribution in [0, 0.1) is 29.0 Å². The van der Waals surface area contributed by atoms with Gasteiger partial charge in [-0.15, -0.1) is 0 Å². The monoisotopic (exact) mass is 2030 g/mol. The van der Waals surface area contributed by atoms with E-state index in [2.05, 4.69) is 5.32 Å². The number of methoxy groups -OCH3 is 4. The number of carboxylic acid groups (broad SMARTS) is 5. The molecule has 33 nitrogen and oxygen atoms in total. The third kappa shape index (κ3) is 30.8. The predicted octanol–water partition coefficient (Wildman–Crippen LogP) is 17.0. The fourth-order valence-corrected chi connectivity index (χ4v) is 21.4. The number of amides is 1. The molecule has 13 aromatic rings. The van der Waals surface area contributed by atoms with Crippen LogP contribution in [0.1, 0.15) is 119 Å². The first-order chi connectivity index (χ1) is 67.6. The number of hydrogen-bond donors (Lipinski definition) is 6. The minimum absolute atomic E-state index is 0.0105. The summed E-state index contributed by atoms with van der Waals surface area (Å²) in [7, 11) is -11.6. The Morgan fingerprint density at radius 2 is 0.754 bits per heavy atom. The van der Waals surface area contributed by atoms with E-state index in [1.165, 1.54) is 163 Å². The van der Waals surface area contributed by atoms with Crippen LogP contribution in [0.15, 0.2) is 340 Å². The molecular formula is C103H102FN7O26S5. The zero-order valence-electron chi connectivity index (χ0n) is 77.6. The second kappa shape index (κ2) is 50.4. The van der Waals surface area contributed by atoms with Gasteiger partial charge >= 0.3 is 29.8 Å². The Morgan fingerprint density at radius 3 is 1.13 bits per heavy atom. The zero-order valence-corrected chi connectivity index (χ0v) is 81.7. The van der Waals surface area contributed by atoms with E-state index in [1.54, 1.807) is 198 Å². The van der Waals surface area contributed by atoms with Gasteiger partial charge in [-0.2, -0.15) is 18.2 Å². The lowest BCUT2D eigenvalue weighted by atomic mass is 9.82. The highest BCUT2D eigenvalue weighted by Crippen LogP contribution is 2.35. The molecule has 0 spiro atoms. The van der Waals surface area contributed by atoms with Crippen molar-refractivity contribution in [3.8, 4) is 29.1 Å². The fourth-order valence-electron chi connectivity index (χ4n) is 14.4. The fraction of sp³-hybridized carbons (Fsp3) is 0.194. The Balaban J connectivity index is 0.000000183. The first-order valence-electron chi connectivity index (χ1n) is 43.4. The van der Waals surface area contributed by atoms with Crippen LogP contribution >= 0.6 is 0 Å². The highest BCUT2D eigenvalue weighted by molar-refractivity contribution is 7.93. The topological polar surface area (TPSA) is 476 Å². The number of nitrogens with zero attached hydrogens (tertiary/aromatic N) is 6. The summed E-state index contributed by atoms with van der Waals surface area (Å²) in [4.78, 5) is 66.6. The standard InChI is InChI=1S/C23H22N2O6S.C22H26FNO4S.C22H18N2O5S.C20H19NO6S.C16H17NO5S/c1-16(26)24-19-4-3-5-20(14-19)25(15-17-6-10-21(31-2)11-7-17)32(29,30)22-12-8-18(9-13-22)23(27)28;23-21-12-8-18(9-13-21)15-24(14-17-6-10-20(11-7-17)22(25)26)29(27,28)16-19-4-2-1-3-5-19;1-29-20-9-5-16(6-10-20)15-24(19-4-2-3-17(13-19)14-23)30(27,28)21-11-7-18(8-12-21)22(25)26;1-26-18-6-2-15(3-7-18)12-21(13-16-10-11-27-14-16)28(24,25)19-8-4-17(5-9-19)20(22)23;1-17(11-12-3-7-14(22-2)8-4-12)23(20,21)15-9-5-13(6-10-15)16(18)19/h3-14H,15H2,1-2H3,(H,24,26)(H,27,28);1-5,8-9,12-13,17,20H,6-7,10-11,14-16H2,(H,25,26);2-13H,15H2,1H3,(H,25,26);2-11,14H,12-13H2,1H3,(H,22,23);3-10H,11H2,1-2H3,(H,18,19). The maximum absolute atomic E-state index is 13.5. The Labute approximate surface area is 822 Å². The maximum Gasteiger partial charge on any atom is 0.335 e. The third-order valence-electron chi connectivity index (χ3n) is 22.2. The number of carbonyl (C=O) groups excluding carboxylic acids is 1. The molecule has 1 aromatic heterocycles. The van der Waals surface area contributed by atoms with Gasteiger partial charge < -0.3 is 54.2 Å². The second-order valence-electron chi connectivity index (χ2n) is 32.0. The molecule has 0 radical (unpaired) electrons. The quantitative estimate of drug-likeness (QED) is 0.0211. The van der Waals surface area contributed by atoms with Gasteiger partial charge in [-0.05, 0) is 265 Å². The van der Waals surface area contributed by atoms with Gasteiger partial charge in [-0.1, -0.05) is 103 Å². The van der Waals surface area contributed by atoms with Crippen molar-refractivity contribution in [2.24, 2.45) is 11.8 Å². The molecule has 1 amide bonds. The minimum Gasteiger partial charge on any atom is -0.497 e. The van der Waals surface area contributed by atoms with Crippen molar-refractivity contribution >= 4 is 103 Å². The third-order valence-corrected chi connectivity index (χ3v) is 31.1. The molecule has 1 aliphatic rings. The van der Waals surface area contributed by atoms with Crippen molar-refractivity contribution in [2.45, 2.75) is 97.2 Å². The Kier molecular flexibility index (Phi) is 38.6. The highest BCUT2D eigenvalue weighted by atomic mass is 32.2. The van der Waals surface area contributed by atoms with E-state index in [4.69, 9.17) is 43.8 Å². The zero-order chi connectivity index (χ0) is 103. The van der Waals surface area contributed by atoms with Crippen LogP contribution in [0.4, 0.5) is 21.5 Å². The van der Waals surface area contributed by atoms with Gasteiger partial charge in [0.2, 0.25) is 36.0 Å². The molecule has 1 saturated carbocycles. The Bertz CT molecular complexity index is 7120. The lowest BCUT2D eigenvalue weighted by Gasteiger charge is -2.31. The molecule has 6 N–H and O–H groups in total. The number of rotatable bonds is 37. The summed E-state index contributed by atoms with van der Waals surface area (Å²) in [5.41, 5.74) is 6.65. The van der Waals surface area contributed by atoms with Gasteiger partial charge in [0.05, 0.1) is 131 Å². The van der Waals surface area contributed by atoms with E-state index in [0.29, 0.717) is 100 Å². The van der Waals surface area contributed by atoms with Crippen LogP contribution in [-0.2, 0) is 105 Å².